The van der Waals surface area contributed by atoms with Gasteiger partial charge in [-0.3, -0.25) is 4.99 Å². The second-order valence-corrected chi connectivity index (χ2v) is 4.99. The number of hydrogen-bond donors (Lipinski definition) is 0. The van der Waals surface area contributed by atoms with Crippen molar-refractivity contribution in [1.82, 2.24) is 0 Å². The summed E-state index contributed by atoms with van der Waals surface area (Å²) in [6.07, 6.45) is 7.23. The van der Waals surface area contributed by atoms with Crippen LogP contribution in [0.25, 0.3) is 0 Å². The van der Waals surface area contributed by atoms with E-state index in [1.165, 1.54) is 12.1 Å². The van der Waals surface area contributed by atoms with E-state index in [4.69, 9.17) is 0 Å². The molecule has 0 saturated carbocycles. The van der Waals surface area contributed by atoms with Crippen molar-refractivity contribution in [3.8, 4) is 0 Å². The fraction of sp³-hybridized carbons (Fsp3) is 0.312. The molecule has 1 nitrogen and oxygen atoms in total. The number of aliphatic imine (C=N–C) groups is 1. The van der Waals surface area contributed by atoms with Crippen molar-refractivity contribution in [3.63, 3.8) is 0 Å². The summed E-state index contributed by atoms with van der Waals surface area (Å²) < 4.78 is 27.5. The zero-order valence-electron chi connectivity index (χ0n) is 11.1. The van der Waals surface area contributed by atoms with E-state index in [9.17, 15) is 8.78 Å². The Morgan fingerprint density at radius 1 is 1.32 bits per heavy atom. The zero-order chi connectivity index (χ0) is 13.9. The molecule has 0 fully saturated rings. The smallest absolute Gasteiger partial charge is 0.132 e. The Hall–Kier alpha value is -1.77. The van der Waals surface area contributed by atoms with Gasteiger partial charge in [0, 0.05) is 11.8 Å². The molecule has 0 spiro atoms. The topological polar surface area (TPSA) is 12.4 Å². The van der Waals surface area contributed by atoms with Gasteiger partial charge in [-0.1, -0.05) is 36.4 Å². The number of halogens is 2. The fourth-order valence-corrected chi connectivity index (χ4v) is 2.00. The Bertz CT molecular complexity index is 533. The van der Waals surface area contributed by atoms with Crippen molar-refractivity contribution >= 4 is 6.21 Å². The summed E-state index contributed by atoms with van der Waals surface area (Å²) >= 11 is 0. The summed E-state index contributed by atoms with van der Waals surface area (Å²) in [5.41, 5.74) is -0.234. The van der Waals surface area contributed by atoms with E-state index in [1.807, 2.05) is 0 Å². The highest BCUT2D eigenvalue weighted by atomic mass is 19.1. The molecule has 1 aliphatic rings. The maximum absolute atomic E-state index is 13.9. The highest BCUT2D eigenvalue weighted by Crippen LogP contribution is 2.29. The van der Waals surface area contributed by atoms with E-state index in [2.05, 4.69) is 4.99 Å². The number of nitrogens with zero attached hydrogens (tertiary/aromatic N) is 1. The highest BCUT2D eigenvalue weighted by Gasteiger charge is 2.30. The molecule has 3 heteroatoms. The second kappa shape index (κ2) is 5.47. The second-order valence-electron chi connectivity index (χ2n) is 4.99. The summed E-state index contributed by atoms with van der Waals surface area (Å²) in [4.78, 5) is 4.31. The summed E-state index contributed by atoms with van der Waals surface area (Å²) in [5, 5.41) is 0. The molecule has 1 aromatic carbocycles. The van der Waals surface area contributed by atoms with E-state index >= 15 is 0 Å². The van der Waals surface area contributed by atoms with Crippen LogP contribution in [0.15, 0.2) is 53.6 Å². The molecular formula is C16H17F2N. The Labute approximate surface area is 112 Å². The van der Waals surface area contributed by atoms with Crippen molar-refractivity contribution in [2.75, 3.05) is 0 Å². The normalized spacial score (nSPS) is 27.9. The third-order valence-electron chi connectivity index (χ3n) is 3.37. The largest absolute Gasteiger partial charge is 0.289 e. The van der Waals surface area contributed by atoms with Gasteiger partial charge in [0.15, 0.2) is 0 Å². The van der Waals surface area contributed by atoms with Crippen molar-refractivity contribution in [2.45, 2.75) is 26.1 Å². The quantitative estimate of drug-likeness (QED) is 0.714. The van der Waals surface area contributed by atoms with Crippen molar-refractivity contribution in [1.29, 1.82) is 0 Å². The third kappa shape index (κ3) is 2.98. The molecule has 0 amide bonds. The van der Waals surface area contributed by atoms with Gasteiger partial charge in [0.1, 0.15) is 12.0 Å². The van der Waals surface area contributed by atoms with E-state index in [1.54, 1.807) is 56.5 Å². The molecule has 0 N–H and O–H groups in total. The maximum atomic E-state index is 13.9. The van der Waals surface area contributed by atoms with Gasteiger partial charge in [-0.15, -0.1) is 0 Å². The van der Waals surface area contributed by atoms with E-state index < -0.39 is 11.6 Å². The zero-order valence-corrected chi connectivity index (χ0v) is 11.1. The Balaban J connectivity index is 2.17. The van der Waals surface area contributed by atoms with Crippen molar-refractivity contribution < 1.29 is 8.78 Å². The average molecular weight is 261 g/mol. The van der Waals surface area contributed by atoms with Crippen molar-refractivity contribution in [3.05, 3.63) is 60.0 Å². The summed E-state index contributed by atoms with van der Waals surface area (Å²) in [7, 11) is 0. The van der Waals surface area contributed by atoms with E-state index in [0.717, 1.165) is 0 Å². The van der Waals surface area contributed by atoms with Gasteiger partial charge < -0.3 is 0 Å². The van der Waals surface area contributed by atoms with Crippen LogP contribution in [-0.4, -0.2) is 12.4 Å². The van der Waals surface area contributed by atoms with Crippen LogP contribution in [0.4, 0.5) is 8.78 Å². The molecule has 0 aromatic heterocycles. The molecule has 100 valence electrons. The lowest BCUT2D eigenvalue weighted by atomic mass is 9.83. The first-order valence-corrected chi connectivity index (χ1v) is 6.32. The fourth-order valence-electron chi connectivity index (χ4n) is 2.00. The Morgan fingerprint density at radius 3 is 2.74 bits per heavy atom. The number of rotatable bonds is 3. The molecule has 1 aliphatic carbocycles. The van der Waals surface area contributed by atoms with Crippen LogP contribution in [0.2, 0.25) is 0 Å². The number of allylic oxidation sites excluding steroid dienone is 4. The summed E-state index contributed by atoms with van der Waals surface area (Å²) in [5.74, 6) is -0.284. The predicted molar refractivity (Wildman–Crippen MR) is 74.6 cm³/mol. The summed E-state index contributed by atoms with van der Waals surface area (Å²) in [6.45, 7) is 3.57. The molecule has 3 atom stereocenters. The third-order valence-corrected chi connectivity index (χ3v) is 3.37. The molecule has 0 radical (unpaired) electrons. The molecule has 19 heavy (non-hydrogen) atoms. The van der Waals surface area contributed by atoms with Gasteiger partial charge >= 0.3 is 0 Å². The first-order valence-electron chi connectivity index (χ1n) is 6.32. The Morgan fingerprint density at radius 2 is 2.05 bits per heavy atom. The average Bonchev–Trinajstić information content (AvgIpc) is 2.40. The summed E-state index contributed by atoms with van der Waals surface area (Å²) in [6, 6.07) is 6.19. The Kier molecular flexibility index (Phi) is 3.93. The van der Waals surface area contributed by atoms with Gasteiger partial charge in [-0.2, -0.15) is 0 Å². The van der Waals surface area contributed by atoms with Crippen LogP contribution < -0.4 is 0 Å². The van der Waals surface area contributed by atoms with Gasteiger partial charge in [-0.25, -0.2) is 8.78 Å². The molecule has 1 aromatic rings. The predicted octanol–water partition coefficient (Wildman–Crippen LogP) is 4.43. The molecule has 0 heterocycles. The first-order chi connectivity index (χ1) is 9.03. The standard InChI is InChI=1S/C16H17F2N/c1-12(13-7-3-4-8-14(13)17)19-11-16(2)10-6-5-9-15(16)18/h3-12,15H,1-2H3. The molecule has 0 saturated heterocycles. The van der Waals surface area contributed by atoms with Crippen LogP contribution in [0.3, 0.4) is 0 Å². The van der Waals surface area contributed by atoms with Crippen molar-refractivity contribution in [2.24, 2.45) is 10.4 Å². The monoisotopic (exact) mass is 261 g/mol. The van der Waals surface area contributed by atoms with Crippen LogP contribution >= 0.6 is 0 Å². The van der Waals surface area contributed by atoms with Crippen LogP contribution in [0.1, 0.15) is 25.5 Å². The lowest BCUT2D eigenvalue weighted by molar-refractivity contribution is 0.291. The number of benzene rings is 1. The van der Waals surface area contributed by atoms with Crippen LogP contribution in [0, 0.1) is 11.2 Å². The first kappa shape index (κ1) is 13.7. The molecular weight excluding hydrogens is 244 g/mol. The number of alkyl halides is 1. The minimum absolute atomic E-state index is 0.284. The number of hydrogen-bond acceptors (Lipinski definition) is 1. The lowest BCUT2D eigenvalue weighted by Crippen LogP contribution is -2.28. The minimum atomic E-state index is -1.10. The van der Waals surface area contributed by atoms with E-state index in [0.29, 0.717) is 5.56 Å². The molecule has 2 rings (SSSR count). The maximum Gasteiger partial charge on any atom is 0.132 e. The highest BCUT2D eigenvalue weighted by molar-refractivity contribution is 5.70. The van der Waals surface area contributed by atoms with Crippen LogP contribution in [0.5, 0.6) is 0 Å². The molecule has 0 aliphatic heterocycles. The van der Waals surface area contributed by atoms with Gasteiger partial charge in [0.25, 0.3) is 0 Å². The molecule has 3 unspecified atom stereocenters. The van der Waals surface area contributed by atoms with Gasteiger partial charge in [0.2, 0.25) is 0 Å². The minimum Gasteiger partial charge on any atom is -0.289 e. The van der Waals surface area contributed by atoms with E-state index in [-0.39, 0.29) is 11.9 Å². The van der Waals surface area contributed by atoms with Crippen LogP contribution in [-0.2, 0) is 0 Å². The molecule has 0 bridgehead atoms. The lowest BCUT2D eigenvalue weighted by Gasteiger charge is -2.26. The van der Waals surface area contributed by atoms with Gasteiger partial charge in [-0.05, 0) is 26.0 Å². The SMILES string of the molecule is CC(N=CC1(C)C=CC=CC1F)c1ccccc1F. The van der Waals surface area contributed by atoms with Gasteiger partial charge in [0.05, 0.1) is 11.5 Å².